The average Bonchev–Trinajstić information content (AvgIpc) is 3.44. The van der Waals surface area contributed by atoms with Gasteiger partial charge in [0, 0.05) is 23.5 Å². The van der Waals surface area contributed by atoms with Crippen molar-refractivity contribution in [2.75, 3.05) is 19.6 Å². The molecule has 1 fully saturated rings. The van der Waals surface area contributed by atoms with Crippen LogP contribution >= 0.6 is 11.3 Å². The summed E-state index contributed by atoms with van der Waals surface area (Å²) in [5.74, 6) is -0.0108. The minimum Gasteiger partial charge on any atom is -0.352 e. The van der Waals surface area contributed by atoms with Crippen LogP contribution in [0.5, 0.6) is 0 Å². The largest absolute Gasteiger partial charge is 0.352 e. The third kappa shape index (κ3) is 4.89. The molecule has 1 saturated heterocycles. The standard InChI is InChI=1S/C24H26N2OS/c27-24(22-11-9-21(10-12-22)23-4-3-17-28-23)25-14-13-19-5-7-20(8-6-19)18-26-15-1-2-16-26/h3-12,17H,1-2,13-16,18H2,(H,25,27). The average molecular weight is 391 g/mol. The Labute approximate surface area is 171 Å². The van der Waals surface area contributed by atoms with Gasteiger partial charge in [-0.05, 0) is 72.6 Å². The third-order valence-corrected chi connectivity index (χ3v) is 6.20. The van der Waals surface area contributed by atoms with Gasteiger partial charge in [0.25, 0.3) is 5.91 Å². The van der Waals surface area contributed by atoms with Crippen molar-refractivity contribution in [3.05, 3.63) is 82.7 Å². The normalized spacial score (nSPS) is 14.3. The molecule has 2 heterocycles. The third-order valence-electron chi connectivity index (χ3n) is 5.28. The van der Waals surface area contributed by atoms with Crippen molar-refractivity contribution in [3.63, 3.8) is 0 Å². The zero-order valence-electron chi connectivity index (χ0n) is 16.1. The monoisotopic (exact) mass is 390 g/mol. The molecular weight excluding hydrogens is 364 g/mol. The lowest BCUT2D eigenvalue weighted by molar-refractivity contribution is 0.0954. The highest BCUT2D eigenvalue weighted by Crippen LogP contribution is 2.24. The fraction of sp³-hybridized carbons (Fsp3) is 0.292. The Morgan fingerprint density at radius 3 is 2.32 bits per heavy atom. The van der Waals surface area contributed by atoms with E-state index in [0.29, 0.717) is 12.1 Å². The van der Waals surface area contributed by atoms with Crippen LogP contribution in [0.1, 0.15) is 34.3 Å². The van der Waals surface area contributed by atoms with Crippen LogP contribution in [-0.2, 0) is 13.0 Å². The number of rotatable bonds is 7. The first-order chi connectivity index (χ1) is 13.8. The second-order valence-electron chi connectivity index (χ2n) is 7.36. The number of benzene rings is 2. The number of nitrogens with zero attached hydrogens (tertiary/aromatic N) is 1. The van der Waals surface area contributed by atoms with E-state index >= 15 is 0 Å². The summed E-state index contributed by atoms with van der Waals surface area (Å²) in [5, 5.41) is 5.09. The molecular formula is C24H26N2OS. The molecule has 3 aromatic rings. The molecule has 1 amide bonds. The molecule has 1 aliphatic heterocycles. The molecule has 0 bridgehead atoms. The molecule has 2 aromatic carbocycles. The van der Waals surface area contributed by atoms with Gasteiger partial charge in [0.2, 0.25) is 0 Å². The molecule has 0 radical (unpaired) electrons. The van der Waals surface area contributed by atoms with Crippen LogP contribution in [0, 0.1) is 0 Å². The van der Waals surface area contributed by atoms with Crippen LogP contribution in [-0.4, -0.2) is 30.4 Å². The van der Waals surface area contributed by atoms with Crippen LogP contribution in [0.25, 0.3) is 10.4 Å². The van der Waals surface area contributed by atoms with E-state index in [4.69, 9.17) is 0 Å². The van der Waals surface area contributed by atoms with E-state index in [9.17, 15) is 4.79 Å². The van der Waals surface area contributed by atoms with Gasteiger partial charge in [-0.1, -0.05) is 42.5 Å². The molecule has 4 heteroatoms. The van der Waals surface area contributed by atoms with Gasteiger partial charge in [0.1, 0.15) is 0 Å². The zero-order valence-corrected chi connectivity index (χ0v) is 16.9. The fourth-order valence-electron chi connectivity index (χ4n) is 3.66. The predicted octanol–water partition coefficient (Wildman–Crippen LogP) is 4.98. The van der Waals surface area contributed by atoms with Crippen molar-refractivity contribution in [2.45, 2.75) is 25.8 Å². The summed E-state index contributed by atoms with van der Waals surface area (Å²) in [5.41, 5.74) is 4.50. The van der Waals surface area contributed by atoms with Crippen molar-refractivity contribution in [1.29, 1.82) is 0 Å². The molecule has 4 rings (SSSR count). The Bertz CT molecular complexity index is 879. The molecule has 3 nitrogen and oxygen atoms in total. The molecule has 0 spiro atoms. The number of nitrogens with one attached hydrogen (secondary N) is 1. The van der Waals surface area contributed by atoms with E-state index in [1.54, 1.807) is 11.3 Å². The number of hydrogen-bond donors (Lipinski definition) is 1. The van der Waals surface area contributed by atoms with E-state index in [1.165, 1.54) is 41.9 Å². The van der Waals surface area contributed by atoms with E-state index < -0.39 is 0 Å². The highest BCUT2D eigenvalue weighted by Gasteiger charge is 2.11. The van der Waals surface area contributed by atoms with Crippen molar-refractivity contribution in [3.8, 4) is 10.4 Å². The Morgan fingerprint density at radius 2 is 1.64 bits per heavy atom. The minimum absolute atomic E-state index is 0.0108. The molecule has 1 aromatic heterocycles. The number of hydrogen-bond acceptors (Lipinski definition) is 3. The van der Waals surface area contributed by atoms with E-state index in [-0.39, 0.29) is 5.91 Å². The maximum absolute atomic E-state index is 12.4. The van der Waals surface area contributed by atoms with Crippen LogP contribution in [0.2, 0.25) is 0 Å². The molecule has 0 unspecified atom stereocenters. The van der Waals surface area contributed by atoms with E-state index in [2.05, 4.69) is 45.9 Å². The summed E-state index contributed by atoms with van der Waals surface area (Å²) in [4.78, 5) is 16.1. The second kappa shape index (κ2) is 9.18. The quantitative estimate of drug-likeness (QED) is 0.617. The van der Waals surface area contributed by atoms with E-state index in [0.717, 1.165) is 18.5 Å². The fourth-order valence-corrected chi connectivity index (χ4v) is 4.39. The van der Waals surface area contributed by atoms with Gasteiger partial charge in [0.05, 0.1) is 0 Å². The minimum atomic E-state index is -0.0108. The maximum Gasteiger partial charge on any atom is 0.251 e. The second-order valence-corrected chi connectivity index (χ2v) is 8.31. The summed E-state index contributed by atoms with van der Waals surface area (Å²) in [6.45, 7) is 4.15. The zero-order chi connectivity index (χ0) is 19.2. The van der Waals surface area contributed by atoms with Gasteiger partial charge in [-0.2, -0.15) is 0 Å². The molecule has 0 aliphatic carbocycles. The molecule has 1 aliphatic rings. The van der Waals surface area contributed by atoms with Crippen molar-refractivity contribution in [2.24, 2.45) is 0 Å². The number of carbonyl (C=O) groups excluding carboxylic acids is 1. The van der Waals surface area contributed by atoms with Gasteiger partial charge in [-0.15, -0.1) is 11.3 Å². The van der Waals surface area contributed by atoms with Gasteiger partial charge in [-0.25, -0.2) is 0 Å². The Morgan fingerprint density at radius 1 is 0.929 bits per heavy atom. The number of thiophene rings is 1. The molecule has 0 saturated carbocycles. The van der Waals surface area contributed by atoms with Crippen LogP contribution in [0.4, 0.5) is 0 Å². The van der Waals surface area contributed by atoms with E-state index in [1.807, 2.05) is 30.3 Å². The van der Waals surface area contributed by atoms with Gasteiger partial charge < -0.3 is 5.32 Å². The lowest BCUT2D eigenvalue weighted by Crippen LogP contribution is -2.25. The van der Waals surface area contributed by atoms with Crippen molar-refractivity contribution in [1.82, 2.24) is 10.2 Å². The number of amides is 1. The Hall–Kier alpha value is -2.43. The van der Waals surface area contributed by atoms with Gasteiger partial charge in [0.15, 0.2) is 0 Å². The van der Waals surface area contributed by atoms with Crippen LogP contribution in [0.3, 0.4) is 0 Å². The first kappa shape index (κ1) is 18.9. The van der Waals surface area contributed by atoms with Gasteiger partial charge >= 0.3 is 0 Å². The molecule has 1 N–H and O–H groups in total. The first-order valence-corrected chi connectivity index (χ1v) is 10.9. The number of likely N-dealkylation sites (tertiary alicyclic amines) is 1. The summed E-state index contributed by atoms with van der Waals surface area (Å²) in [6.07, 6.45) is 3.51. The highest BCUT2D eigenvalue weighted by molar-refractivity contribution is 7.13. The summed E-state index contributed by atoms with van der Waals surface area (Å²) in [7, 11) is 0. The topological polar surface area (TPSA) is 32.3 Å². The predicted molar refractivity (Wildman–Crippen MR) is 117 cm³/mol. The SMILES string of the molecule is O=C(NCCc1ccc(CN2CCCC2)cc1)c1ccc(-c2cccs2)cc1. The number of carbonyl (C=O) groups is 1. The Kier molecular flexibility index (Phi) is 6.20. The lowest BCUT2D eigenvalue weighted by atomic mass is 10.1. The van der Waals surface area contributed by atoms with Crippen LogP contribution in [0.15, 0.2) is 66.0 Å². The molecule has 28 heavy (non-hydrogen) atoms. The molecule has 144 valence electrons. The first-order valence-electron chi connectivity index (χ1n) is 10.0. The van der Waals surface area contributed by atoms with Gasteiger partial charge in [-0.3, -0.25) is 9.69 Å². The smallest absolute Gasteiger partial charge is 0.251 e. The molecule has 0 atom stereocenters. The lowest BCUT2D eigenvalue weighted by Gasteiger charge is -2.14. The van der Waals surface area contributed by atoms with Crippen molar-refractivity contribution >= 4 is 17.2 Å². The maximum atomic E-state index is 12.4. The Balaban J connectivity index is 1.24. The van der Waals surface area contributed by atoms with Crippen molar-refractivity contribution < 1.29 is 4.79 Å². The van der Waals surface area contributed by atoms with Crippen LogP contribution < -0.4 is 5.32 Å². The summed E-state index contributed by atoms with van der Waals surface area (Å²) in [6, 6.07) is 20.8. The summed E-state index contributed by atoms with van der Waals surface area (Å²) >= 11 is 1.71. The summed E-state index contributed by atoms with van der Waals surface area (Å²) < 4.78 is 0. The highest BCUT2D eigenvalue weighted by atomic mass is 32.1.